The Labute approximate surface area is 143 Å². The fourth-order valence-corrected chi connectivity index (χ4v) is 3.38. The predicted octanol–water partition coefficient (Wildman–Crippen LogP) is 2.96. The SMILES string of the molecule is CCC(C)(C)NC(=O)C(C)S(=O)(=O)Cc1cc(Cl)ccc1OC. The number of sulfone groups is 1. The van der Waals surface area contributed by atoms with Gasteiger partial charge in [-0.15, -0.1) is 0 Å². The highest BCUT2D eigenvalue weighted by molar-refractivity contribution is 7.92. The maximum atomic E-state index is 12.5. The van der Waals surface area contributed by atoms with Crippen LogP contribution >= 0.6 is 11.6 Å². The third kappa shape index (κ3) is 5.39. The molecule has 1 unspecified atom stereocenters. The number of nitrogens with one attached hydrogen (secondary N) is 1. The number of benzene rings is 1. The number of hydrogen-bond acceptors (Lipinski definition) is 4. The highest BCUT2D eigenvalue weighted by Gasteiger charge is 2.31. The predicted molar refractivity (Wildman–Crippen MR) is 92.6 cm³/mol. The van der Waals surface area contributed by atoms with Crippen LogP contribution in [0.2, 0.25) is 5.02 Å². The van der Waals surface area contributed by atoms with Crippen molar-refractivity contribution < 1.29 is 17.9 Å². The molecule has 1 rings (SSSR count). The van der Waals surface area contributed by atoms with Crippen molar-refractivity contribution in [1.82, 2.24) is 5.32 Å². The molecule has 130 valence electrons. The molecule has 0 saturated heterocycles. The third-order valence-electron chi connectivity index (χ3n) is 3.85. The summed E-state index contributed by atoms with van der Waals surface area (Å²) in [4.78, 5) is 12.2. The summed E-state index contributed by atoms with van der Waals surface area (Å²) >= 11 is 5.92. The van der Waals surface area contributed by atoms with E-state index >= 15 is 0 Å². The first kappa shape index (κ1) is 19.8. The average Bonchev–Trinajstić information content (AvgIpc) is 2.45. The van der Waals surface area contributed by atoms with Gasteiger partial charge in [-0.3, -0.25) is 4.79 Å². The van der Waals surface area contributed by atoms with Crippen LogP contribution in [0.4, 0.5) is 0 Å². The fourth-order valence-electron chi connectivity index (χ4n) is 1.89. The van der Waals surface area contributed by atoms with E-state index in [9.17, 15) is 13.2 Å². The van der Waals surface area contributed by atoms with E-state index in [0.29, 0.717) is 22.8 Å². The summed E-state index contributed by atoms with van der Waals surface area (Å²) in [7, 11) is -2.24. The Hall–Kier alpha value is -1.27. The van der Waals surface area contributed by atoms with E-state index in [4.69, 9.17) is 16.3 Å². The topological polar surface area (TPSA) is 72.5 Å². The Morgan fingerprint density at radius 2 is 2.00 bits per heavy atom. The minimum absolute atomic E-state index is 0.308. The van der Waals surface area contributed by atoms with Crippen molar-refractivity contribution in [3.05, 3.63) is 28.8 Å². The molecule has 0 saturated carbocycles. The second-order valence-electron chi connectivity index (χ2n) is 6.13. The van der Waals surface area contributed by atoms with Crippen LogP contribution in [-0.4, -0.2) is 32.2 Å². The zero-order valence-electron chi connectivity index (χ0n) is 14.1. The lowest BCUT2D eigenvalue weighted by molar-refractivity contribution is -0.122. The van der Waals surface area contributed by atoms with E-state index < -0.39 is 26.5 Å². The van der Waals surface area contributed by atoms with Gasteiger partial charge in [0.2, 0.25) is 5.91 Å². The first-order valence-corrected chi connectivity index (χ1v) is 9.47. The number of ether oxygens (including phenoxy) is 1. The molecule has 0 aliphatic heterocycles. The molecule has 0 spiro atoms. The van der Waals surface area contributed by atoms with E-state index in [0.717, 1.165) is 0 Å². The smallest absolute Gasteiger partial charge is 0.238 e. The van der Waals surface area contributed by atoms with Crippen LogP contribution in [0.15, 0.2) is 18.2 Å². The molecule has 0 heterocycles. The van der Waals surface area contributed by atoms with Crippen molar-refractivity contribution in [3.8, 4) is 5.75 Å². The molecule has 0 bridgehead atoms. The van der Waals surface area contributed by atoms with Crippen molar-refractivity contribution in [1.29, 1.82) is 0 Å². The Kier molecular flexibility index (Phi) is 6.48. The van der Waals surface area contributed by atoms with Crippen LogP contribution in [0, 0.1) is 0 Å². The fraction of sp³-hybridized carbons (Fsp3) is 0.562. The molecule has 0 aliphatic rings. The molecular formula is C16H24ClNO4S. The molecule has 1 atom stereocenters. The highest BCUT2D eigenvalue weighted by Crippen LogP contribution is 2.26. The maximum Gasteiger partial charge on any atom is 0.238 e. The molecule has 1 N–H and O–H groups in total. The highest BCUT2D eigenvalue weighted by atomic mass is 35.5. The Balaban J connectivity index is 2.99. The van der Waals surface area contributed by atoms with E-state index in [1.165, 1.54) is 14.0 Å². The van der Waals surface area contributed by atoms with Gasteiger partial charge in [0.15, 0.2) is 9.84 Å². The van der Waals surface area contributed by atoms with Gasteiger partial charge in [0, 0.05) is 16.1 Å². The number of halogens is 1. The number of carbonyl (C=O) groups excluding carboxylic acids is 1. The summed E-state index contributed by atoms with van der Waals surface area (Å²) in [5, 5.41) is 2.02. The Morgan fingerprint density at radius 1 is 1.39 bits per heavy atom. The molecular weight excluding hydrogens is 338 g/mol. The molecule has 5 nitrogen and oxygen atoms in total. The molecule has 0 fully saturated rings. The number of methoxy groups -OCH3 is 1. The van der Waals surface area contributed by atoms with Crippen LogP contribution in [0.3, 0.4) is 0 Å². The van der Waals surface area contributed by atoms with Crippen LogP contribution in [-0.2, 0) is 20.4 Å². The van der Waals surface area contributed by atoms with Gasteiger partial charge >= 0.3 is 0 Å². The minimum atomic E-state index is -3.69. The summed E-state index contributed by atoms with van der Waals surface area (Å²) in [6.45, 7) is 7.03. The molecule has 1 amide bonds. The van der Waals surface area contributed by atoms with Crippen LogP contribution in [0.5, 0.6) is 5.75 Å². The zero-order valence-corrected chi connectivity index (χ0v) is 15.7. The summed E-state index contributed by atoms with van der Waals surface area (Å²) < 4.78 is 30.2. The van der Waals surface area contributed by atoms with Crippen LogP contribution in [0.1, 0.15) is 39.7 Å². The van der Waals surface area contributed by atoms with Gasteiger partial charge in [-0.05, 0) is 45.4 Å². The van der Waals surface area contributed by atoms with Crippen molar-refractivity contribution in [2.45, 2.75) is 50.7 Å². The lowest BCUT2D eigenvalue weighted by Crippen LogP contribution is -2.48. The average molecular weight is 362 g/mol. The summed E-state index contributed by atoms with van der Waals surface area (Å²) in [5.41, 5.74) is -0.0105. The first-order valence-electron chi connectivity index (χ1n) is 7.38. The van der Waals surface area contributed by atoms with Crippen LogP contribution < -0.4 is 10.1 Å². The van der Waals surface area contributed by atoms with E-state index in [1.54, 1.807) is 18.2 Å². The molecule has 7 heteroatoms. The standard InChI is InChI=1S/C16H24ClNO4S/c1-6-16(3,4)18-15(19)11(2)23(20,21)10-12-9-13(17)7-8-14(12)22-5/h7-9,11H,6,10H2,1-5H3,(H,18,19). The molecule has 23 heavy (non-hydrogen) atoms. The monoisotopic (exact) mass is 361 g/mol. The quantitative estimate of drug-likeness (QED) is 0.810. The second-order valence-corrected chi connectivity index (χ2v) is 8.89. The zero-order chi connectivity index (χ0) is 17.8. The Bertz CT molecular complexity index is 671. The summed E-state index contributed by atoms with van der Waals surface area (Å²) in [6.07, 6.45) is 0.702. The molecule has 0 aromatic heterocycles. The maximum absolute atomic E-state index is 12.5. The van der Waals surface area contributed by atoms with Gasteiger partial charge in [0.25, 0.3) is 0 Å². The number of amides is 1. The van der Waals surface area contributed by atoms with Crippen molar-refractivity contribution in [3.63, 3.8) is 0 Å². The van der Waals surface area contributed by atoms with Gasteiger partial charge < -0.3 is 10.1 Å². The first-order chi connectivity index (χ1) is 10.5. The summed E-state index contributed by atoms with van der Waals surface area (Å²) in [5.74, 6) is -0.380. The lowest BCUT2D eigenvalue weighted by Gasteiger charge is -2.26. The van der Waals surface area contributed by atoms with Crippen LogP contribution in [0.25, 0.3) is 0 Å². The van der Waals surface area contributed by atoms with Gasteiger partial charge in [-0.1, -0.05) is 18.5 Å². The molecule has 1 aromatic rings. The molecule has 0 radical (unpaired) electrons. The van der Waals surface area contributed by atoms with E-state index in [2.05, 4.69) is 5.32 Å². The van der Waals surface area contributed by atoms with Gasteiger partial charge in [0.1, 0.15) is 11.0 Å². The normalized spacial score (nSPS) is 13.5. The second kappa shape index (κ2) is 7.53. The molecule has 0 aliphatic carbocycles. The number of carbonyl (C=O) groups is 1. The number of hydrogen-bond donors (Lipinski definition) is 1. The van der Waals surface area contributed by atoms with Gasteiger partial charge in [-0.2, -0.15) is 0 Å². The largest absolute Gasteiger partial charge is 0.496 e. The van der Waals surface area contributed by atoms with E-state index in [1.807, 2.05) is 20.8 Å². The number of rotatable bonds is 7. The third-order valence-corrected chi connectivity index (χ3v) is 6.09. The van der Waals surface area contributed by atoms with Crippen molar-refractivity contribution >= 4 is 27.3 Å². The lowest BCUT2D eigenvalue weighted by atomic mass is 10.0. The summed E-state index contributed by atoms with van der Waals surface area (Å²) in [6, 6.07) is 4.77. The van der Waals surface area contributed by atoms with Crippen molar-refractivity contribution in [2.75, 3.05) is 7.11 Å². The van der Waals surface area contributed by atoms with E-state index in [-0.39, 0.29) is 5.75 Å². The minimum Gasteiger partial charge on any atom is -0.496 e. The Morgan fingerprint density at radius 3 is 2.52 bits per heavy atom. The van der Waals surface area contributed by atoms with Gasteiger partial charge in [0.05, 0.1) is 12.9 Å². The van der Waals surface area contributed by atoms with Crippen molar-refractivity contribution in [2.24, 2.45) is 0 Å². The van der Waals surface area contributed by atoms with Gasteiger partial charge in [-0.25, -0.2) is 8.42 Å². The molecule has 1 aromatic carbocycles.